The molecule has 2 heterocycles. The van der Waals surface area contributed by atoms with Gasteiger partial charge in [0.05, 0.1) is 89.9 Å². The minimum Gasteiger partial charge on any atom is -0.394 e. The third kappa shape index (κ3) is 22.8. The van der Waals surface area contributed by atoms with Gasteiger partial charge in [0.2, 0.25) is 0 Å². The Labute approximate surface area is 231 Å². The number of carbonyl (C=O) groups excluding carboxylic acids is 4. The molecule has 3 rings (SSSR count). The van der Waals surface area contributed by atoms with Crippen LogP contribution >= 0.6 is 0 Å². The van der Waals surface area contributed by atoms with Crippen molar-refractivity contribution >= 4 is 23.9 Å². The Morgan fingerprint density at radius 3 is 1.20 bits per heavy atom. The molecule has 0 aliphatic carbocycles. The first-order valence-corrected chi connectivity index (χ1v) is 11.9. The highest BCUT2D eigenvalue weighted by molar-refractivity contribution is 6.14. The Balaban J connectivity index is 0. The molecule has 0 saturated heterocycles. The second-order valence-corrected chi connectivity index (χ2v) is 7.06. The fourth-order valence-electron chi connectivity index (χ4n) is 2.02. The third-order valence-electron chi connectivity index (χ3n) is 3.69. The molecule has 6 N–H and O–H groups in total. The summed E-state index contributed by atoms with van der Waals surface area (Å²) in [4.78, 5) is 41.5. The van der Waals surface area contributed by atoms with Crippen molar-refractivity contribution < 1.29 is 73.5 Å². The monoisotopic (exact) mass is 578 g/mol. The maximum Gasteiger partial charge on any atom is 0.346 e. The van der Waals surface area contributed by atoms with Gasteiger partial charge >= 0.3 is 23.9 Å². The van der Waals surface area contributed by atoms with E-state index in [4.69, 9.17) is 40.1 Å². The molecule has 1 aromatic rings. The predicted octanol–water partition coefficient (Wildman–Crippen LogP) is -2.03. The normalized spacial score (nSPS) is 13.2. The summed E-state index contributed by atoms with van der Waals surface area (Å²) in [6, 6.07) is 6.53. The molecule has 2 aliphatic heterocycles. The second kappa shape index (κ2) is 27.4. The molecule has 0 spiro atoms. The van der Waals surface area contributed by atoms with Gasteiger partial charge in [0.15, 0.2) is 0 Å². The molecule has 15 nitrogen and oxygen atoms in total. The molecule has 228 valence electrons. The van der Waals surface area contributed by atoms with Crippen molar-refractivity contribution in [3.63, 3.8) is 0 Å². The number of carbonyl (C=O) groups is 4. The molecule has 0 saturated carbocycles. The summed E-state index contributed by atoms with van der Waals surface area (Å²) < 4.78 is 22.7. The lowest BCUT2D eigenvalue weighted by molar-refractivity contribution is -0.150. The lowest BCUT2D eigenvalue weighted by Crippen LogP contribution is -2.09. The van der Waals surface area contributed by atoms with Gasteiger partial charge in [0.25, 0.3) is 0 Å². The maximum absolute atomic E-state index is 10.8. The number of esters is 4. The van der Waals surface area contributed by atoms with E-state index in [1.54, 1.807) is 24.3 Å². The molecule has 0 bridgehead atoms. The molecule has 0 fully saturated rings. The van der Waals surface area contributed by atoms with Crippen LogP contribution in [0.3, 0.4) is 0 Å². The molecule has 40 heavy (non-hydrogen) atoms. The molecule has 0 amide bonds. The summed E-state index contributed by atoms with van der Waals surface area (Å²) in [7, 11) is 0. The molecule has 1 unspecified atom stereocenters. The Hall–Kier alpha value is -3.12. The van der Waals surface area contributed by atoms with Crippen LogP contribution in [0.5, 0.6) is 0 Å². The summed E-state index contributed by atoms with van der Waals surface area (Å²) in [6.07, 6.45) is 1.61. The van der Waals surface area contributed by atoms with Gasteiger partial charge in [-0.2, -0.15) is 0 Å². The zero-order valence-electron chi connectivity index (χ0n) is 22.2. The van der Waals surface area contributed by atoms with E-state index in [9.17, 15) is 19.2 Å². The minimum absolute atomic E-state index is 0.0278. The summed E-state index contributed by atoms with van der Waals surface area (Å²) in [5.41, 5.74) is 0.718. The van der Waals surface area contributed by atoms with E-state index in [1.165, 1.54) is 6.92 Å². The van der Waals surface area contributed by atoms with Crippen molar-refractivity contribution in [1.82, 2.24) is 0 Å². The van der Waals surface area contributed by atoms with Crippen LogP contribution in [0.4, 0.5) is 0 Å². The first kappa shape index (κ1) is 39.0. The topological polar surface area (TPSA) is 236 Å². The molecule has 0 aromatic heterocycles. The van der Waals surface area contributed by atoms with Gasteiger partial charge in [-0.3, -0.25) is 0 Å². The number of ether oxygens (including phenoxy) is 5. The van der Waals surface area contributed by atoms with E-state index >= 15 is 0 Å². The molecule has 1 atom stereocenters. The van der Waals surface area contributed by atoms with Crippen molar-refractivity contribution in [1.29, 1.82) is 0 Å². The van der Waals surface area contributed by atoms with Crippen molar-refractivity contribution in [3.8, 4) is 0 Å². The van der Waals surface area contributed by atoms with Crippen LogP contribution in [0.1, 0.15) is 27.6 Å². The van der Waals surface area contributed by atoms with E-state index in [-0.39, 0.29) is 33.0 Å². The number of aliphatic hydroxyl groups excluding tert-OH is 6. The van der Waals surface area contributed by atoms with Gasteiger partial charge < -0.3 is 54.3 Å². The van der Waals surface area contributed by atoms with E-state index in [2.05, 4.69) is 14.2 Å². The first-order valence-electron chi connectivity index (χ1n) is 11.9. The highest BCUT2D eigenvalue weighted by Gasteiger charge is 2.28. The number of benzene rings is 1. The average molecular weight is 579 g/mol. The van der Waals surface area contributed by atoms with Crippen LogP contribution in [0.15, 0.2) is 36.4 Å². The zero-order chi connectivity index (χ0) is 30.6. The number of hydrogen-bond acceptors (Lipinski definition) is 15. The van der Waals surface area contributed by atoms with Crippen molar-refractivity contribution in [2.75, 3.05) is 72.7 Å². The summed E-state index contributed by atoms with van der Waals surface area (Å²) in [5.74, 6) is -2.26. The van der Waals surface area contributed by atoms with Crippen LogP contribution in [-0.4, -0.2) is 133 Å². The summed E-state index contributed by atoms with van der Waals surface area (Å²) >= 11 is 0. The molecular weight excluding hydrogens is 540 g/mol. The van der Waals surface area contributed by atoms with Gasteiger partial charge in [-0.15, -0.1) is 0 Å². The fraction of sp³-hybridized carbons (Fsp3) is 0.520. The van der Waals surface area contributed by atoms with Gasteiger partial charge in [0, 0.05) is 12.2 Å². The van der Waals surface area contributed by atoms with E-state index < -0.39 is 30.0 Å². The Morgan fingerprint density at radius 1 is 0.625 bits per heavy atom. The molecule has 15 heteroatoms. The largest absolute Gasteiger partial charge is 0.394 e. The maximum atomic E-state index is 10.8. The lowest BCUT2D eigenvalue weighted by atomic mass is 10.1. The standard InChI is InChI=1S/C8H4O3.C6H14O4.C4H2O3.C4H10O3.C3H8O2/c9-7-5-3-1-2-4-6(5)8(10)11-7;7-1-3-9-5-6-10-4-2-8;5-3-1-2-4(6)7-3;5-1-3-7-4-2-6;1-3(5)2-4/h1-4H;7-8H,1-6H2;1-2H;5-6H,1-4H2;3-5H,2H2,1H3. The molecule has 2 aliphatic rings. The molecular formula is C25H38O15. The summed E-state index contributed by atoms with van der Waals surface area (Å²) in [6.45, 7) is 3.81. The third-order valence-corrected chi connectivity index (χ3v) is 3.69. The zero-order valence-corrected chi connectivity index (χ0v) is 22.2. The lowest BCUT2D eigenvalue weighted by Gasteiger charge is -2.01. The number of fused-ring (bicyclic) bond motifs is 1. The highest BCUT2D eigenvalue weighted by atomic mass is 16.6. The number of cyclic esters (lactones) is 4. The average Bonchev–Trinajstić information content (AvgIpc) is 3.47. The predicted molar refractivity (Wildman–Crippen MR) is 136 cm³/mol. The van der Waals surface area contributed by atoms with Gasteiger partial charge in [0.1, 0.15) is 0 Å². The van der Waals surface area contributed by atoms with Gasteiger partial charge in [-0.25, -0.2) is 19.2 Å². The number of rotatable bonds is 12. The van der Waals surface area contributed by atoms with Gasteiger partial charge in [-0.1, -0.05) is 12.1 Å². The Kier molecular flexibility index (Phi) is 26.8. The smallest absolute Gasteiger partial charge is 0.346 e. The molecule has 1 aromatic carbocycles. The van der Waals surface area contributed by atoms with Crippen LogP contribution < -0.4 is 0 Å². The highest BCUT2D eigenvalue weighted by Crippen LogP contribution is 2.18. The van der Waals surface area contributed by atoms with Crippen LogP contribution in [0, 0.1) is 0 Å². The van der Waals surface area contributed by atoms with Crippen molar-refractivity contribution in [3.05, 3.63) is 47.5 Å². The molecule has 0 radical (unpaired) electrons. The first-order chi connectivity index (χ1) is 19.2. The quantitative estimate of drug-likeness (QED) is 0.0891. The van der Waals surface area contributed by atoms with Crippen molar-refractivity contribution in [2.45, 2.75) is 13.0 Å². The van der Waals surface area contributed by atoms with Crippen LogP contribution in [-0.2, 0) is 33.3 Å². The van der Waals surface area contributed by atoms with E-state index in [1.807, 2.05) is 0 Å². The minimum atomic E-state index is -0.579. The van der Waals surface area contributed by atoms with E-state index in [0.717, 1.165) is 12.2 Å². The second-order valence-electron chi connectivity index (χ2n) is 7.06. The fourth-order valence-corrected chi connectivity index (χ4v) is 2.02. The summed E-state index contributed by atoms with van der Waals surface area (Å²) in [5, 5.41) is 48.7. The number of hydrogen-bond donors (Lipinski definition) is 6. The van der Waals surface area contributed by atoms with Crippen LogP contribution in [0.2, 0.25) is 0 Å². The Bertz CT molecular complexity index is 793. The van der Waals surface area contributed by atoms with E-state index in [0.29, 0.717) is 50.8 Å². The van der Waals surface area contributed by atoms with Crippen molar-refractivity contribution in [2.24, 2.45) is 0 Å². The number of aliphatic hydroxyl groups is 6. The Morgan fingerprint density at radius 2 is 0.950 bits per heavy atom. The SMILES string of the molecule is CC(O)CO.O=C1C=CC(=O)O1.O=C1OC(=O)c2ccccc21.OCCOCCO.OCCOCCOCCO. The van der Waals surface area contributed by atoms with Crippen LogP contribution in [0.25, 0.3) is 0 Å². The van der Waals surface area contributed by atoms with Gasteiger partial charge in [-0.05, 0) is 19.1 Å².